The number of hydrazone groups is 1. The molecule has 1 N–H and O–H groups in total. The highest BCUT2D eigenvalue weighted by Gasteiger charge is 2.06. The molecule has 0 unspecified atom stereocenters. The number of carbonyl (C=O) groups excluding carboxylic acids is 1. The second-order valence-corrected chi connectivity index (χ2v) is 5.64. The molecule has 1 aromatic heterocycles. The van der Waals surface area contributed by atoms with Gasteiger partial charge in [0.25, 0.3) is 5.91 Å². The Hall–Kier alpha value is -2.63. The molecule has 0 radical (unpaired) electrons. The topological polar surface area (TPSA) is 62.5 Å². The number of hydrogen-bond donors (Lipinski definition) is 1. The quantitative estimate of drug-likeness (QED) is 0.628. The van der Waals surface area contributed by atoms with Crippen LogP contribution >= 0.6 is 0 Å². The van der Waals surface area contributed by atoms with Crippen molar-refractivity contribution in [2.45, 2.75) is 34.2 Å². The van der Waals surface area contributed by atoms with Gasteiger partial charge in [-0.05, 0) is 51.5 Å². The Kier molecular flexibility index (Phi) is 6.12. The molecule has 1 amide bonds. The highest BCUT2D eigenvalue weighted by Crippen LogP contribution is 2.13. The Labute approximate surface area is 143 Å². The van der Waals surface area contributed by atoms with Crippen LogP contribution in [0.2, 0.25) is 0 Å². The van der Waals surface area contributed by atoms with Crippen LogP contribution in [-0.4, -0.2) is 35.0 Å². The molecular weight excluding hydrogens is 302 g/mol. The van der Waals surface area contributed by atoms with Crippen LogP contribution in [0.3, 0.4) is 0 Å². The molecule has 0 spiro atoms. The van der Waals surface area contributed by atoms with Crippen molar-refractivity contribution in [2.75, 3.05) is 18.0 Å². The molecule has 128 valence electrons. The summed E-state index contributed by atoms with van der Waals surface area (Å²) >= 11 is 0. The number of amides is 1. The minimum atomic E-state index is -0.197. The summed E-state index contributed by atoms with van der Waals surface area (Å²) in [5.41, 5.74) is 6.52. The maximum Gasteiger partial charge on any atom is 0.261 e. The number of carbonyl (C=O) groups is 1. The van der Waals surface area contributed by atoms with Crippen LogP contribution in [0.1, 0.15) is 30.8 Å². The normalized spacial score (nSPS) is 11.0. The second-order valence-electron chi connectivity index (χ2n) is 5.64. The molecule has 2 aromatic rings. The van der Waals surface area contributed by atoms with Crippen molar-refractivity contribution >= 4 is 17.8 Å². The van der Waals surface area contributed by atoms with Gasteiger partial charge in [-0.15, -0.1) is 0 Å². The molecule has 2 rings (SSSR count). The van der Waals surface area contributed by atoms with E-state index in [1.807, 2.05) is 32.0 Å². The van der Waals surface area contributed by atoms with Gasteiger partial charge in [-0.3, -0.25) is 9.48 Å². The van der Waals surface area contributed by atoms with Gasteiger partial charge >= 0.3 is 0 Å². The fourth-order valence-corrected chi connectivity index (χ4v) is 2.55. The number of aryl methyl sites for hydroxylation is 2. The molecule has 0 aliphatic heterocycles. The highest BCUT2D eigenvalue weighted by atomic mass is 16.2. The average molecular weight is 327 g/mol. The monoisotopic (exact) mass is 327 g/mol. The van der Waals surface area contributed by atoms with Gasteiger partial charge in [-0.2, -0.15) is 10.2 Å². The van der Waals surface area contributed by atoms with E-state index in [4.69, 9.17) is 0 Å². The minimum absolute atomic E-state index is 0.165. The lowest BCUT2D eigenvalue weighted by atomic mass is 10.2. The Morgan fingerprint density at radius 2 is 1.92 bits per heavy atom. The molecule has 0 saturated carbocycles. The summed E-state index contributed by atoms with van der Waals surface area (Å²) in [7, 11) is 0. The summed E-state index contributed by atoms with van der Waals surface area (Å²) in [5, 5.41) is 8.27. The summed E-state index contributed by atoms with van der Waals surface area (Å²) in [4.78, 5) is 14.2. The van der Waals surface area contributed by atoms with Gasteiger partial charge in [0, 0.05) is 24.5 Å². The zero-order valence-corrected chi connectivity index (χ0v) is 14.8. The fraction of sp³-hybridized carbons (Fsp3) is 0.389. The molecular formula is C18H25N5O. The Morgan fingerprint density at radius 1 is 1.25 bits per heavy atom. The lowest BCUT2D eigenvalue weighted by molar-refractivity contribution is -0.121. The lowest BCUT2D eigenvalue weighted by Crippen LogP contribution is -2.24. The molecule has 1 heterocycles. The zero-order valence-electron chi connectivity index (χ0n) is 14.8. The third-order valence-electron chi connectivity index (χ3n) is 3.82. The van der Waals surface area contributed by atoms with E-state index in [1.165, 1.54) is 5.69 Å². The van der Waals surface area contributed by atoms with Gasteiger partial charge in [-0.1, -0.05) is 12.1 Å². The maximum atomic E-state index is 11.9. The van der Waals surface area contributed by atoms with Crippen molar-refractivity contribution in [3.05, 3.63) is 47.3 Å². The van der Waals surface area contributed by atoms with Crippen molar-refractivity contribution in [2.24, 2.45) is 5.10 Å². The number of benzene rings is 1. The molecule has 0 aliphatic carbocycles. The zero-order chi connectivity index (χ0) is 17.5. The van der Waals surface area contributed by atoms with Gasteiger partial charge in [0.05, 0.1) is 11.9 Å². The summed E-state index contributed by atoms with van der Waals surface area (Å²) in [6.45, 7) is 10.2. The molecule has 0 atom stereocenters. The number of nitrogens with zero attached hydrogens (tertiary/aromatic N) is 4. The highest BCUT2D eigenvalue weighted by molar-refractivity contribution is 5.82. The molecule has 0 aliphatic rings. The predicted molar refractivity (Wildman–Crippen MR) is 97.4 cm³/mol. The van der Waals surface area contributed by atoms with Crippen molar-refractivity contribution < 1.29 is 4.79 Å². The third-order valence-corrected chi connectivity index (χ3v) is 3.82. The third kappa shape index (κ3) is 4.68. The SMILES string of the molecule is CCN(CC)c1ccc(/C=N/NC(=O)Cn2nc(C)cc2C)cc1. The fourth-order valence-electron chi connectivity index (χ4n) is 2.55. The molecule has 0 saturated heterocycles. The van der Waals surface area contributed by atoms with Crippen LogP contribution in [0.25, 0.3) is 0 Å². The predicted octanol–water partition coefficient (Wildman–Crippen LogP) is 2.50. The van der Waals surface area contributed by atoms with Gasteiger partial charge in [0.1, 0.15) is 6.54 Å². The van der Waals surface area contributed by atoms with Crippen LogP contribution in [0.5, 0.6) is 0 Å². The molecule has 1 aromatic carbocycles. The average Bonchev–Trinajstić information content (AvgIpc) is 2.87. The summed E-state index contributed by atoms with van der Waals surface area (Å²) in [6.07, 6.45) is 1.64. The van der Waals surface area contributed by atoms with E-state index >= 15 is 0 Å². The van der Waals surface area contributed by atoms with E-state index in [9.17, 15) is 4.79 Å². The van der Waals surface area contributed by atoms with Crippen LogP contribution in [0.15, 0.2) is 35.4 Å². The van der Waals surface area contributed by atoms with Crippen LogP contribution in [0.4, 0.5) is 5.69 Å². The van der Waals surface area contributed by atoms with Gasteiger partial charge in [0.2, 0.25) is 0 Å². The lowest BCUT2D eigenvalue weighted by Gasteiger charge is -2.20. The summed E-state index contributed by atoms with van der Waals surface area (Å²) in [5.74, 6) is -0.197. The molecule has 0 fully saturated rings. The van der Waals surface area contributed by atoms with Crippen LogP contribution in [-0.2, 0) is 11.3 Å². The standard InChI is InChI=1S/C18H25N5O/c1-5-22(6-2)17-9-7-16(8-10-17)12-19-20-18(24)13-23-15(4)11-14(3)21-23/h7-12H,5-6,13H2,1-4H3,(H,20,24)/b19-12+. The minimum Gasteiger partial charge on any atom is -0.372 e. The largest absolute Gasteiger partial charge is 0.372 e. The van der Waals surface area contributed by atoms with Crippen molar-refractivity contribution in [1.82, 2.24) is 15.2 Å². The van der Waals surface area contributed by atoms with Gasteiger partial charge in [0.15, 0.2) is 0 Å². The van der Waals surface area contributed by atoms with E-state index < -0.39 is 0 Å². The molecule has 24 heavy (non-hydrogen) atoms. The van der Waals surface area contributed by atoms with E-state index in [-0.39, 0.29) is 12.5 Å². The maximum absolute atomic E-state index is 11.9. The summed E-state index contributed by atoms with van der Waals surface area (Å²) in [6, 6.07) is 10.0. The van der Waals surface area contributed by atoms with E-state index in [0.717, 1.165) is 30.0 Å². The van der Waals surface area contributed by atoms with Crippen LogP contribution < -0.4 is 10.3 Å². The Bertz CT molecular complexity index is 699. The second kappa shape index (κ2) is 8.29. The first-order chi connectivity index (χ1) is 11.5. The van der Waals surface area contributed by atoms with E-state index in [0.29, 0.717) is 0 Å². The molecule has 0 bridgehead atoms. The number of rotatable bonds is 7. The smallest absolute Gasteiger partial charge is 0.261 e. The Morgan fingerprint density at radius 3 is 2.46 bits per heavy atom. The summed E-state index contributed by atoms with van der Waals surface area (Å²) < 4.78 is 1.67. The van der Waals surface area contributed by atoms with Gasteiger partial charge < -0.3 is 4.90 Å². The van der Waals surface area contributed by atoms with Gasteiger partial charge in [-0.25, -0.2) is 5.43 Å². The number of hydrogen-bond acceptors (Lipinski definition) is 4. The first kappa shape index (κ1) is 17.7. The molecule has 6 nitrogen and oxygen atoms in total. The van der Waals surface area contributed by atoms with Crippen LogP contribution in [0, 0.1) is 13.8 Å². The van der Waals surface area contributed by atoms with Crippen molar-refractivity contribution in [3.8, 4) is 0 Å². The van der Waals surface area contributed by atoms with Crippen molar-refractivity contribution in [3.63, 3.8) is 0 Å². The first-order valence-electron chi connectivity index (χ1n) is 8.21. The number of aromatic nitrogens is 2. The molecule has 6 heteroatoms. The number of nitrogens with one attached hydrogen (secondary N) is 1. The van der Waals surface area contributed by atoms with Crippen molar-refractivity contribution in [1.29, 1.82) is 0 Å². The first-order valence-corrected chi connectivity index (χ1v) is 8.21. The number of anilines is 1. The van der Waals surface area contributed by atoms with E-state index in [2.05, 4.69) is 46.5 Å². The Balaban J connectivity index is 1.89. The van der Waals surface area contributed by atoms with E-state index in [1.54, 1.807) is 10.9 Å².